The van der Waals surface area contributed by atoms with Gasteiger partial charge in [-0.05, 0) is 36.4 Å². The van der Waals surface area contributed by atoms with E-state index in [1.54, 1.807) is 11.3 Å². The molecule has 2 aromatic rings. The maximum atomic E-state index is 6.15. The molecule has 0 aliphatic rings. The summed E-state index contributed by atoms with van der Waals surface area (Å²) >= 11 is 11.6. The minimum atomic E-state index is 0.195. The highest BCUT2D eigenvalue weighted by Gasteiger charge is 2.16. The summed E-state index contributed by atoms with van der Waals surface area (Å²) in [5.74, 6) is 0. The SMILES string of the molecule is Cc1ccc(C(Br)c2sccc2Cl)c(C)c1. The van der Waals surface area contributed by atoms with Gasteiger partial charge in [-0.15, -0.1) is 11.3 Å². The van der Waals surface area contributed by atoms with Crippen LogP contribution >= 0.6 is 38.9 Å². The number of halogens is 2. The van der Waals surface area contributed by atoms with Gasteiger partial charge in [0.25, 0.3) is 0 Å². The first-order valence-corrected chi connectivity index (χ1v) is 7.21. The molecule has 0 saturated heterocycles. The second kappa shape index (κ2) is 4.91. The molecule has 0 N–H and O–H groups in total. The van der Waals surface area contributed by atoms with Gasteiger partial charge in [0, 0.05) is 4.88 Å². The van der Waals surface area contributed by atoms with Gasteiger partial charge in [-0.25, -0.2) is 0 Å². The minimum Gasteiger partial charge on any atom is -0.146 e. The summed E-state index contributed by atoms with van der Waals surface area (Å²) in [5.41, 5.74) is 3.87. The highest BCUT2D eigenvalue weighted by atomic mass is 79.9. The summed E-state index contributed by atoms with van der Waals surface area (Å²) in [5, 5.41) is 2.86. The van der Waals surface area contributed by atoms with Gasteiger partial charge in [0.2, 0.25) is 0 Å². The molecule has 0 saturated carbocycles. The fourth-order valence-corrected chi connectivity index (χ4v) is 4.11. The molecular weight excluding hydrogens is 304 g/mol. The Kier molecular flexibility index (Phi) is 3.73. The van der Waals surface area contributed by atoms with Crippen LogP contribution in [0.15, 0.2) is 29.6 Å². The summed E-state index contributed by atoms with van der Waals surface area (Å²) in [7, 11) is 0. The molecule has 0 spiro atoms. The summed E-state index contributed by atoms with van der Waals surface area (Å²) in [6, 6.07) is 8.45. The average Bonchev–Trinajstić information content (AvgIpc) is 2.63. The van der Waals surface area contributed by atoms with E-state index in [9.17, 15) is 0 Å². The smallest absolute Gasteiger partial charge is 0.0755 e. The molecule has 16 heavy (non-hydrogen) atoms. The van der Waals surface area contributed by atoms with Gasteiger partial charge in [-0.1, -0.05) is 51.3 Å². The molecule has 1 unspecified atom stereocenters. The van der Waals surface area contributed by atoms with Crippen LogP contribution in [0.2, 0.25) is 5.02 Å². The van der Waals surface area contributed by atoms with Crippen molar-refractivity contribution in [2.24, 2.45) is 0 Å². The van der Waals surface area contributed by atoms with Gasteiger partial charge in [-0.3, -0.25) is 0 Å². The lowest BCUT2D eigenvalue weighted by Crippen LogP contribution is -1.94. The standard InChI is InChI=1S/C13H12BrClS/c1-8-3-4-10(9(2)7-8)12(14)13-11(15)5-6-16-13/h3-7,12H,1-2H3. The molecule has 1 atom stereocenters. The Balaban J connectivity index is 2.41. The van der Waals surface area contributed by atoms with Crippen molar-refractivity contribution in [3.05, 3.63) is 56.2 Å². The molecule has 3 heteroatoms. The van der Waals surface area contributed by atoms with E-state index in [0.29, 0.717) is 0 Å². The highest BCUT2D eigenvalue weighted by Crippen LogP contribution is 2.39. The molecule has 2 rings (SSSR count). The van der Waals surface area contributed by atoms with E-state index >= 15 is 0 Å². The lowest BCUT2D eigenvalue weighted by Gasteiger charge is -2.12. The Labute approximate surface area is 113 Å². The monoisotopic (exact) mass is 314 g/mol. The number of aryl methyl sites for hydroxylation is 2. The second-order valence-corrected chi connectivity index (χ2v) is 6.13. The fraction of sp³-hybridized carbons (Fsp3) is 0.231. The highest BCUT2D eigenvalue weighted by molar-refractivity contribution is 9.09. The Hall–Kier alpha value is -0.310. The van der Waals surface area contributed by atoms with E-state index in [-0.39, 0.29) is 4.83 Å². The van der Waals surface area contributed by atoms with Crippen molar-refractivity contribution < 1.29 is 0 Å². The first kappa shape index (κ1) is 12.2. The second-order valence-electron chi connectivity index (χ2n) is 3.86. The maximum Gasteiger partial charge on any atom is 0.0755 e. The first-order chi connectivity index (χ1) is 7.59. The van der Waals surface area contributed by atoms with E-state index in [0.717, 1.165) is 5.02 Å². The first-order valence-electron chi connectivity index (χ1n) is 5.03. The van der Waals surface area contributed by atoms with Crippen molar-refractivity contribution in [3.63, 3.8) is 0 Å². The van der Waals surface area contributed by atoms with Gasteiger partial charge in [0.1, 0.15) is 0 Å². The molecule has 1 heterocycles. The fourth-order valence-electron chi connectivity index (χ4n) is 1.74. The van der Waals surface area contributed by atoms with Crippen LogP contribution in [-0.4, -0.2) is 0 Å². The third-order valence-corrected chi connectivity index (χ3v) is 5.25. The van der Waals surface area contributed by atoms with Crippen molar-refractivity contribution in [1.29, 1.82) is 0 Å². The number of thiophene rings is 1. The van der Waals surface area contributed by atoms with E-state index in [4.69, 9.17) is 11.6 Å². The Bertz CT molecular complexity index is 504. The maximum absolute atomic E-state index is 6.15. The van der Waals surface area contributed by atoms with Crippen LogP contribution in [0.3, 0.4) is 0 Å². The van der Waals surface area contributed by atoms with Crippen LogP contribution in [0.1, 0.15) is 26.4 Å². The molecule has 0 amide bonds. The van der Waals surface area contributed by atoms with Gasteiger partial charge in [0.05, 0.1) is 9.85 Å². The van der Waals surface area contributed by atoms with Crippen LogP contribution in [-0.2, 0) is 0 Å². The lowest BCUT2D eigenvalue weighted by atomic mass is 10.0. The topological polar surface area (TPSA) is 0 Å². The Morgan fingerprint density at radius 1 is 1.25 bits per heavy atom. The molecule has 1 aromatic carbocycles. The Morgan fingerprint density at radius 2 is 2.00 bits per heavy atom. The van der Waals surface area contributed by atoms with Crippen molar-refractivity contribution >= 4 is 38.9 Å². The summed E-state index contributed by atoms with van der Waals surface area (Å²) in [4.78, 5) is 1.37. The molecule has 84 valence electrons. The van der Waals surface area contributed by atoms with Gasteiger partial charge >= 0.3 is 0 Å². The lowest BCUT2D eigenvalue weighted by molar-refractivity contribution is 1.17. The van der Waals surface area contributed by atoms with E-state index in [1.807, 2.05) is 11.4 Å². The molecule has 0 aliphatic heterocycles. The van der Waals surface area contributed by atoms with Crippen LogP contribution in [0, 0.1) is 13.8 Å². The molecule has 0 aliphatic carbocycles. The number of hydrogen-bond donors (Lipinski definition) is 0. The number of hydrogen-bond acceptors (Lipinski definition) is 1. The predicted molar refractivity (Wildman–Crippen MR) is 76.0 cm³/mol. The van der Waals surface area contributed by atoms with Gasteiger partial charge < -0.3 is 0 Å². The van der Waals surface area contributed by atoms with E-state index in [1.165, 1.54) is 21.6 Å². The summed E-state index contributed by atoms with van der Waals surface area (Å²) in [6.07, 6.45) is 0. The van der Waals surface area contributed by atoms with Crippen LogP contribution in [0.25, 0.3) is 0 Å². The van der Waals surface area contributed by atoms with Gasteiger partial charge in [0.15, 0.2) is 0 Å². The average molecular weight is 316 g/mol. The molecule has 1 aromatic heterocycles. The largest absolute Gasteiger partial charge is 0.146 e. The molecule has 0 fully saturated rings. The quantitative estimate of drug-likeness (QED) is 0.642. The van der Waals surface area contributed by atoms with Crippen molar-refractivity contribution in [2.45, 2.75) is 18.7 Å². The normalized spacial score (nSPS) is 12.8. The van der Waals surface area contributed by atoms with Crippen LogP contribution < -0.4 is 0 Å². The van der Waals surface area contributed by atoms with Crippen LogP contribution in [0.4, 0.5) is 0 Å². The molecule has 0 radical (unpaired) electrons. The van der Waals surface area contributed by atoms with Crippen LogP contribution in [0.5, 0.6) is 0 Å². The van der Waals surface area contributed by atoms with E-state index < -0.39 is 0 Å². The van der Waals surface area contributed by atoms with Crippen molar-refractivity contribution in [1.82, 2.24) is 0 Å². The minimum absolute atomic E-state index is 0.195. The number of alkyl halides is 1. The number of benzene rings is 1. The van der Waals surface area contributed by atoms with Gasteiger partial charge in [-0.2, -0.15) is 0 Å². The summed E-state index contributed by atoms with van der Waals surface area (Å²) in [6.45, 7) is 4.25. The zero-order valence-electron chi connectivity index (χ0n) is 9.13. The van der Waals surface area contributed by atoms with E-state index in [2.05, 4.69) is 48.0 Å². The molecule has 0 nitrogen and oxygen atoms in total. The third kappa shape index (κ3) is 2.34. The van der Waals surface area contributed by atoms with Crippen molar-refractivity contribution in [3.8, 4) is 0 Å². The summed E-state index contributed by atoms with van der Waals surface area (Å²) < 4.78 is 0. The predicted octanol–water partition coefficient (Wildman–Crippen LogP) is 5.50. The zero-order valence-corrected chi connectivity index (χ0v) is 12.3. The Morgan fingerprint density at radius 3 is 2.56 bits per heavy atom. The zero-order chi connectivity index (χ0) is 11.7. The number of rotatable bonds is 2. The van der Waals surface area contributed by atoms with Crippen molar-refractivity contribution in [2.75, 3.05) is 0 Å². The third-order valence-electron chi connectivity index (χ3n) is 2.57. The molecule has 0 bridgehead atoms. The molecular formula is C13H12BrClS.